The monoisotopic (exact) mass is 298 g/mol. The van der Waals surface area contributed by atoms with E-state index in [0.29, 0.717) is 10.8 Å². The summed E-state index contributed by atoms with van der Waals surface area (Å²) in [6.07, 6.45) is 2.62. The number of rotatable bonds is 8. The van der Waals surface area contributed by atoms with Gasteiger partial charge in [-0.05, 0) is 49.4 Å². The molecule has 0 bridgehead atoms. The summed E-state index contributed by atoms with van der Waals surface area (Å²) in [7, 11) is -3.36. The Kier molecular flexibility index (Phi) is 5.01. The van der Waals surface area contributed by atoms with Crippen LogP contribution in [0.3, 0.4) is 0 Å². The largest absolute Gasteiger partial charge is 0.396 e. The van der Waals surface area contributed by atoms with Crippen molar-refractivity contribution in [2.75, 3.05) is 18.5 Å². The van der Waals surface area contributed by atoms with Gasteiger partial charge in [-0.1, -0.05) is 6.92 Å². The highest BCUT2D eigenvalue weighted by molar-refractivity contribution is 7.89. The van der Waals surface area contributed by atoms with E-state index in [1.54, 1.807) is 24.3 Å². The second-order valence-corrected chi connectivity index (χ2v) is 7.13. The molecule has 1 fully saturated rings. The molecule has 0 aromatic heterocycles. The van der Waals surface area contributed by atoms with Crippen LogP contribution in [0.4, 0.5) is 5.69 Å². The molecule has 1 unspecified atom stereocenters. The van der Waals surface area contributed by atoms with Crippen molar-refractivity contribution in [3.05, 3.63) is 24.3 Å². The molecule has 1 aromatic carbocycles. The van der Waals surface area contributed by atoms with Crippen LogP contribution in [0.15, 0.2) is 29.2 Å². The van der Waals surface area contributed by atoms with Gasteiger partial charge in [-0.3, -0.25) is 0 Å². The molecule has 20 heavy (non-hydrogen) atoms. The second kappa shape index (κ2) is 6.56. The van der Waals surface area contributed by atoms with Gasteiger partial charge in [0.25, 0.3) is 0 Å². The van der Waals surface area contributed by atoms with Crippen LogP contribution < -0.4 is 10.0 Å². The van der Waals surface area contributed by atoms with Crippen molar-refractivity contribution in [2.45, 2.75) is 37.1 Å². The van der Waals surface area contributed by atoms with Crippen LogP contribution in [0.2, 0.25) is 0 Å². The summed E-state index contributed by atoms with van der Waals surface area (Å²) in [6, 6.07) is 6.89. The summed E-state index contributed by atoms with van der Waals surface area (Å²) in [6.45, 7) is 3.00. The highest BCUT2D eigenvalue weighted by Gasteiger charge is 2.27. The minimum atomic E-state index is -3.36. The van der Waals surface area contributed by atoms with Crippen molar-refractivity contribution in [1.82, 2.24) is 4.72 Å². The maximum absolute atomic E-state index is 12.0. The summed E-state index contributed by atoms with van der Waals surface area (Å²) in [4.78, 5) is 0.304. The first-order valence-corrected chi connectivity index (χ1v) is 8.46. The Morgan fingerprint density at radius 2 is 1.95 bits per heavy atom. The molecule has 6 heteroatoms. The first-order chi connectivity index (χ1) is 9.51. The number of hydrogen-bond acceptors (Lipinski definition) is 4. The Morgan fingerprint density at radius 3 is 2.50 bits per heavy atom. The maximum Gasteiger partial charge on any atom is 0.240 e. The molecule has 0 heterocycles. The molecular weight excluding hydrogens is 276 g/mol. The quantitative estimate of drug-likeness (QED) is 0.680. The third-order valence-electron chi connectivity index (χ3n) is 3.34. The van der Waals surface area contributed by atoms with E-state index in [4.69, 9.17) is 5.11 Å². The lowest BCUT2D eigenvalue weighted by Crippen LogP contribution is -2.25. The van der Waals surface area contributed by atoms with Gasteiger partial charge in [-0.25, -0.2) is 13.1 Å². The summed E-state index contributed by atoms with van der Waals surface area (Å²) in [5.41, 5.74) is 0.889. The number of aliphatic hydroxyl groups excluding tert-OH is 1. The normalized spacial score (nSPS) is 16.9. The molecular formula is C14H22N2O3S. The molecule has 0 spiro atoms. The van der Waals surface area contributed by atoms with Crippen LogP contribution in [0.1, 0.15) is 26.2 Å². The number of anilines is 1. The van der Waals surface area contributed by atoms with Crippen LogP contribution in [0.25, 0.3) is 0 Å². The van der Waals surface area contributed by atoms with E-state index < -0.39 is 10.0 Å². The van der Waals surface area contributed by atoms with E-state index in [1.165, 1.54) is 0 Å². The molecule has 1 saturated carbocycles. The second-order valence-electron chi connectivity index (χ2n) is 5.42. The van der Waals surface area contributed by atoms with Gasteiger partial charge >= 0.3 is 0 Å². The summed E-state index contributed by atoms with van der Waals surface area (Å²) in [5.74, 6) is 0.375. The standard InChI is InChI=1S/C14H22N2O3S/c1-11(8-9-17)10-15-12-4-6-14(7-5-12)20(18,19)16-13-2-3-13/h4-7,11,13,15-17H,2-3,8-10H2,1H3. The molecule has 5 nitrogen and oxygen atoms in total. The molecule has 112 valence electrons. The molecule has 0 saturated heterocycles. The molecule has 2 rings (SSSR count). The lowest BCUT2D eigenvalue weighted by Gasteiger charge is -2.12. The molecule has 0 radical (unpaired) electrons. The SMILES string of the molecule is CC(CCO)CNc1ccc(S(=O)(=O)NC2CC2)cc1. The fourth-order valence-corrected chi connectivity index (χ4v) is 3.16. The number of benzene rings is 1. The van der Waals surface area contributed by atoms with Crippen molar-refractivity contribution in [3.8, 4) is 0 Å². The Labute approximate surface area is 120 Å². The zero-order valence-corrected chi connectivity index (χ0v) is 12.5. The number of sulfonamides is 1. The minimum absolute atomic E-state index is 0.122. The fourth-order valence-electron chi connectivity index (χ4n) is 1.86. The van der Waals surface area contributed by atoms with Crippen LogP contribution in [-0.2, 0) is 10.0 Å². The molecule has 0 aliphatic heterocycles. The molecule has 3 N–H and O–H groups in total. The van der Waals surface area contributed by atoms with E-state index >= 15 is 0 Å². The van der Waals surface area contributed by atoms with E-state index in [0.717, 1.165) is 31.5 Å². The molecule has 1 aliphatic carbocycles. The average Bonchev–Trinajstić information content (AvgIpc) is 3.20. The summed E-state index contributed by atoms with van der Waals surface area (Å²) < 4.78 is 26.6. The van der Waals surface area contributed by atoms with E-state index in [1.807, 2.05) is 0 Å². The lowest BCUT2D eigenvalue weighted by molar-refractivity contribution is 0.266. The van der Waals surface area contributed by atoms with Gasteiger partial charge in [0.05, 0.1) is 4.90 Å². The molecule has 1 aromatic rings. The van der Waals surface area contributed by atoms with Crippen molar-refractivity contribution < 1.29 is 13.5 Å². The molecule has 1 aliphatic rings. The van der Waals surface area contributed by atoms with Crippen molar-refractivity contribution in [2.24, 2.45) is 5.92 Å². The Bertz CT molecular complexity index is 524. The van der Waals surface area contributed by atoms with Crippen molar-refractivity contribution in [1.29, 1.82) is 0 Å². The maximum atomic E-state index is 12.0. The van der Waals surface area contributed by atoms with Gasteiger partial charge < -0.3 is 10.4 Å². The Hall–Kier alpha value is -1.11. The van der Waals surface area contributed by atoms with Gasteiger partial charge in [-0.2, -0.15) is 0 Å². The van der Waals surface area contributed by atoms with Gasteiger partial charge in [0.1, 0.15) is 0 Å². The first kappa shape index (κ1) is 15.3. The van der Waals surface area contributed by atoms with Crippen molar-refractivity contribution >= 4 is 15.7 Å². The number of nitrogens with one attached hydrogen (secondary N) is 2. The Balaban J connectivity index is 1.92. The van der Waals surface area contributed by atoms with E-state index in [-0.39, 0.29) is 12.6 Å². The average molecular weight is 298 g/mol. The van der Waals surface area contributed by atoms with Crippen LogP contribution >= 0.6 is 0 Å². The number of aliphatic hydroxyl groups is 1. The smallest absolute Gasteiger partial charge is 0.240 e. The molecule has 1 atom stereocenters. The van der Waals surface area contributed by atoms with Gasteiger partial charge in [0.2, 0.25) is 10.0 Å². The van der Waals surface area contributed by atoms with Gasteiger partial charge in [0, 0.05) is 24.9 Å². The Morgan fingerprint density at radius 1 is 1.30 bits per heavy atom. The van der Waals surface area contributed by atoms with Crippen molar-refractivity contribution in [3.63, 3.8) is 0 Å². The van der Waals surface area contributed by atoms with Crippen LogP contribution in [-0.4, -0.2) is 32.7 Å². The van der Waals surface area contributed by atoms with Gasteiger partial charge in [-0.15, -0.1) is 0 Å². The van der Waals surface area contributed by atoms with Crippen LogP contribution in [0.5, 0.6) is 0 Å². The number of hydrogen-bond donors (Lipinski definition) is 3. The van der Waals surface area contributed by atoms with E-state index in [2.05, 4.69) is 17.0 Å². The van der Waals surface area contributed by atoms with Gasteiger partial charge in [0.15, 0.2) is 0 Å². The molecule has 0 amide bonds. The highest BCUT2D eigenvalue weighted by atomic mass is 32.2. The minimum Gasteiger partial charge on any atom is -0.396 e. The third-order valence-corrected chi connectivity index (χ3v) is 4.88. The summed E-state index contributed by atoms with van der Waals surface area (Å²) in [5, 5.41) is 12.1. The highest BCUT2D eigenvalue weighted by Crippen LogP contribution is 2.22. The van der Waals surface area contributed by atoms with Crippen LogP contribution in [0, 0.1) is 5.92 Å². The van der Waals surface area contributed by atoms with E-state index in [9.17, 15) is 8.42 Å². The predicted molar refractivity (Wildman–Crippen MR) is 79.1 cm³/mol. The predicted octanol–water partition coefficient (Wildman–Crippen LogP) is 1.56. The zero-order valence-electron chi connectivity index (χ0n) is 11.7. The fraction of sp³-hybridized carbons (Fsp3) is 0.571. The lowest BCUT2D eigenvalue weighted by atomic mass is 10.1. The zero-order chi connectivity index (χ0) is 14.6. The summed E-state index contributed by atoms with van der Waals surface area (Å²) >= 11 is 0. The first-order valence-electron chi connectivity index (χ1n) is 6.98. The topological polar surface area (TPSA) is 78.4 Å². The third kappa shape index (κ3) is 4.47.